The van der Waals surface area contributed by atoms with Gasteiger partial charge < -0.3 is 5.11 Å². The Balaban J connectivity index is 2.65. The van der Waals surface area contributed by atoms with Gasteiger partial charge in [0.2, 0.25) is 5.88 Å². The number of rotatable bonds is 3. The van der Waals surface area contributed by atoms with Gasteiger partial charge in [-0.1, -0.05) is 37.6 Å². The van der Waals surface area contributed by atoms with Gasteiger partial charge in [-0.3, -0.25) is 0 Å². The van der Waals surface area contributed by atoms with Crippen LogP contribution in [0.2, 0.25) is 0 Å². The zero-order valence-electron chi connectivity index (χ0n) is 12.3. The van der Waals surface area contributed by atoms with E-state index in [9.17, 15) is 5.11 Å². The SMILES string of the molecule is Cc1cccc(-c2nn(C(C)C)c(O)c2C(C)C)c1. The number of aromatic nitrogens is 2. The van der Waals surface area contributed by atoms with Crippen molar-refractivity contribution in [2.24, 2.45) is 0 Å². The van der Waals surface area contributed by atoms with Gasteiger partial charge in [0.05, 0.1) is 11.7 Å². The second-order valence-electron chi connectivity index (χ2n) is 5.65. The summed E-state index contributed by atoms with van der Waals surface area (Å²) in [6.45, 7) is 10.3. The van der Waals surface area contributed by atoms with Crippen LogP contribution in [0.4, 0.5) is 0 Å². The first-order valence-corrected chi connectivity index (χ1v) is 6.80. The third-order valence-electron chi connectivity index (χ3n) is 3.28. The molecule has 0 spiro atoms. The van der Waals surface area contributed by atoms with Crippen LogP contribution >= 0.6 is 0 Å². The van der Waals surface area contributed by atoms with Crippen molar-refractivity contribution in [2.45, 2.75) is 46.6 Å². The Kier molecular flexibility index (Phi) is 3.65. The second-order valence-corrected chi connectivity index (χ2v) is 5.65. The van der Waals surface area contributed by atoms with Crippen LogP contribution < -0.4 is 0 Å². The molecule has 1 aromatic carbocycles. The van der Waals surface area contributed by atoms with Crippen LogP contribution in [-0.4, -0.2) is 14.9 Å². The van der Waals surface area contributed by atoms with Crippen molar-refractivity contribution in [1.82, 2.24) is 9.78 Å². The molecule has 0 aliphatic heterocycles. The first-order valence-electron chi connectivity index (χ1n) is 6.80. The number of benzene rings is 1. The van der Waals surface area contributed by atoms with Gasteiger partial charge in [0.15, 0.2) is 0 Å². The predicted octanol–water partition coefficient (Wildman–Crippen LogP) is 4.27. The van der Waals surface area contributed by atoms with E-state index in [-0.39, 0.29) is 12.0 Å². The van der Waals surface area contributed by atoms with Crippen LogP contribution in [0, 0.1) is 6.92 Å². The zero-order valence-corrected chi connectivity index (χ0v) is 12.3. The molecule has 0 fully saturated rings. The lowest BCUT2D eigenvalue weighted by molar-refractivity contribution is 0.372. The van der Waals surface area contributed by atoms with Crippen LogP contribution in [0.15, 0.2) is 24.3 Å². The monoisotopic (exact) mass is 258 g/mol. The van der Waals surface area contributed by atoms with Crippen LogP contribution in [-0.2, 0) is 0 Å². The highest BCUT2D eigenvalue weighted by molar-refractivity contribution is 5.66. The minimum absolute atomic E-state index is 0.149. The molecule has 1 heterocycles. The Bertz CT molecular complexity index is 582. The van der Waals surface area contributed by atoms with Crippen molar-refractivity contribution >= 4 is 0 Å². The molecule has 0 aliphatic carbocycles. The number of aromatic hydroxyl groups is 1. The second kappa shape index (κ2) is 5.08. The quantitative estimate of drug-likeness (QED) is 0.892. The van der Waals surface area contributed by atoms with Gasteiger partial charge in [0, 0.05) is 11.1 Å². The summed E-state index contributed by atoms with van der Waals surface area (Å²) >= 11 is 0. The molecule has 0 bridgehead atoms. The molecule has 3 nitrogen and oxygen atoms in total. The lowest BCUT2D eigenvalue weighted by Gasteiger charge is -2.08. The Labute approximate surface area is 114 Å². The van der Waals surface area contributed by atoms with Crippen LogP contribution in [0.3, 0.4) is 0 Å². The Morgan fingerprint density at radius 2 is 1.84 bits per heavy atom. The molecular formula is C16H22N2O. The van der Waals surface area contributed by atoms with E-state index < -0.39 is 0 Å². The third-order valence-corrected chi connectivity index (χ3v) is 3.28. The van der Waals surface area contributed by atoms with Gasteiger partial charge in [-0.05, 0) is 32.8 Å². The largest absolute Gasteiger partial charge is 0.493 e. The number of aryl methyl sites for hydroxylation is 1. The van der Waals surface area contributed by atoms with Crippen molar-refractivity contribution < 1.29 is 5.11 Å². The fraction of sp³-hybridized carbons (Fsp3) is 0.438. The van der Waals surface area contributed by atoms with E-state index in [1.54, 1.807) is 4.68 Å². The van der Waals surface area contributed by atoms with E-state index in [2.05, 4.69) is 38.0 Å². The molecular weight excluding hydrogens is 236 g/mol. The van der Waals surface area contributed by atoms with E-state index >= 15 is 0 Å². The average Bonchev–Trinajstić information content (AvgIpc) is 2.67. The van der Waals surface area contributed by atoms with Gasteiger partial charge in [-0.15, -0.1) is 0 Å². The molecule has 0 radical (unpaired) electrons. The van der Waals surface area contributed by atoms with Crippen LogP contribution in [0.1, 0.15) is 50.8 Å². The van der Waals surface area contributed by atoms with Gasteiger partial charge in [-0.25, -0.2) is 4.68 Å². The van der Waals surface area contributed by atoms with Gasteiger partial charge in [-0.2, -0.15) is 5.10 Å². The minimum atomic E-state index is 0.149. The first kappa shape index (κ1) is 13.7. The molecule has 1 aromatic heterocycles. The van der Waals surface area contributed by atoms with Crippen molar-refractivity contribution in [3.05, 3.63) is 35.4 Å². The normalized spacial score (nSPS) is 11.5. The number of nitrogens with zero attached hydrogens (tertiary/aromatic N) is 2. The van der Waals surface area contributed by atoms with E-state index in [1.807, 2.05) is 26.0 Å². The maximum absolute atomic E-state index is 10.4. The van der Waals surface area contributed by atoms with Gasteiger partial charge in [0.1, 0.15) is 0 Å². The number of hydrogen-bond donors (Lipinski definition) is 1. The van der Waals surface area contributed by atoms with E-state index in [4.69, 9.17) is 0 Å². The molecule has 0 aliphatic rings. The Morgan fingerprint density at radius 1 is 1.16 bits per heavy atom. The van der Waals surface area contributed by atoms with E-state index in [0.29, 0.717) is 5.88 Å². The smallest absolute Gasteiger partial charge is 0.213 e. The summed E-state index contributed by atoms with van der Waals surface area (Å²) in [7, 11) is 0. The molecule has 19 heavy (non-hydrogen) atoms. The Morgan fingerprint density at radius 3 is 2.37 bits per heavy atom. The molecule has 3 heteroatoms. The fourth-order valence-corrected chi connectivity index (χ4v) is 2.34. The van der Waals surface area contributed by atoms with E-state index in [0.717, 1.165) is 16.8 Å². The number of hydrogen-bond acceptors (Lipinski definition) is 2. The summed E-state index contributed by atoms with van der Waals surface area (Å²) < 4.78 is 1.70. The maximum Gasteiger partial charge on any atom is 0.213 e. The molecule has 0 saturated heterocycles. The first-order chi connectivity index (χ1) is 8.91. The fourth-order valence-electron chi connectivity index (χ4n) is 2.34. The van der Waals surface area contributed by atoms with Crippen molar-refractivity contribution in [3.8, 4) is 17.1 Å². The lowest BCUT2D eigenvalue weighted by atomic mass is 9.98. The highest BCUT2D eigenvalue weighted by Crippen LogP contribution is 2.36. The maximum atomic E-state index is 10.4. The summed E-state index contributed by atoms with van der Waals surface area (Å²) in [6, 6.07) is 8.40. The standard InChI is InChI=1S/C16H22N2O/c1-10(2)14-15(13-8-6-7-12(5)9-13)17-18(11(3)4)16(14)19/h6-11,19H,1-5H3. The molecule has 0 unspecified atom stereocenters. The van der Waals surface area contributed by atoms with Crippen molar-refractivity contribution in [2.75, 3.05) is 0 Å². The molecule has 1 N–H and O–H groups in total. The summed E-state index contributed by atoms with van der Waals surface area (Å²) in [5.74, 6) is 0.532. The predicted molar refractivity (Wildman–Crippen MR) is 78.5 cm³/mol. The van der Waals surface area contributed by atoms with Crippen LogP contribution in [0.25, 0.3) is 11.3 Å². The summed E-state index contributed by atoms with van der Waals surface area (Å²) in [4.78, 5) is 0. The highest BCUT2D eigenvalue weighted by Gasteiger charge is 2.22. The summed E-state index contributed by atoms with van der Waals surface area (Å²) in [5, 5.41) is 15.0. The molecule has 2 rings (SSSR count). The highest BCUT2D eigenvalue weighted by atomic mass is 16.3. The van der Waals surface area contributed by atoms with Crippen LogP contribution in [0.5, 0.6) is 5.88 Å². The van der Waals surface area contributed by atoms with Gasteiger partial charge >= 0.3 is 0 Å². The summed E-state index contributed by atoms with van der Waals surface area (Å²) in [6.07, 6.45) is 0. The minimum Gasteiger partial charge on any atom is -0.493 e. The molecule has 0 atom stereocenters. The topological polar surface area (TPSA) is 38.0 Å². The molecule has 0 saturated carbocycles. The Hall–Kier alpha value is -1.77. The van der Waals surface area contributed by atoms with Gasteiger partial charge in [0.25, 0.3) is 0 Å². The third kappa shape index (κ3) is 2.50. The summed E-state index contributed by atoms with van der Waals surface area (Å²) in [5.41, 5.74) is 4.09. The van der Waals surface area contributed by atoms with Crippen molar-refractivity contribution in [1.29, 1.82) is 0 Å². The lowest BCUT2D eigenvalue weighted by Crippen LogP contribution is -2.02. The molecule has 2 aromatic rings. The average molecular weight is 258 g/mol. The zero-order chi connectivity index (χ0) is 14.2. The molecule has 102 valence electrons. The van der Waals surface area contributed by atoms with E-state index in [1.165, 1.54) is 5.56 Å². The van der Waals surface area contributed by atoms with Crippen molar-refractivity contribution in [3.63, 3.8) is 0 Å². The molecule has 0 amide bonds.